The lowest BCUT2D eigenvalue weighted by Gasteiger charge is -2.24. The van der Waals surface area contributed by atoms with Gasteiger partial charge < -0.3 is 9.47 Å². The van der Waals surface area contributed by atoms with E-state index in [1.807, 2.05) is 6.07 Å². The molecule has 0 saturated carbocycles. The number of rotatable bonds is 2. The summed E-state index contributed by atoms with van der Waals surface area (Å²) in [6.45, 7) is 0. The Morgan fingerprint density at radius 3 is 2.67 bits per heavy atom. The zero-order valence-corrected chi connectivity index (χ0v) is 10.6. The molecule has 1 aliphatic carbocycles. The van der Waals surface area contributed by atoms with Crippen molar-refractivity contribution in [2.24, 2.45) is 0 Å². The molecule has 0 N–H and O–H groups in total. The molecule has 2 rings (SSSR count). The van der Waals surface area contributed by atoms with Gasteiger partial charge in [-0.15, -0.1) is 0 Å². The molecule has 18 heavy (non-hydrogen) atoms. The molecule has 1 aromatic rings. The maximum atomic E-state index is 11.7. The van der Waals surface area contributed by atoms with E-state index in [2.05, 4.69) is 0 Å². The molecule has 0 aliphatic heterocycles. The van der Waals surface area contributed by atoms with Crippen LogP contribution in [-0.2, 0) is 20.7 Å². The second-order valence-corrected chi connectivity index (χ2v) is 4.33. The van der Waals surface area contributed by atoms with Gasteiger partial charge in [-0.2, -0.15) is 0 Å². The van der Waals surface area contributed by atoms with Crippen LogP contribution in [0, 0.1) is 0 Å². The SMILES string of the molecule is COC(=O)c1cccc2c1CCCC2C(=O)OC. The number of ether oxygens (including phenoxy) is 2. The van der Waals surface area contributed by atoms with Crippen LogP contribution in [0.3, 0.4) is 0 Å². The number of hydrogen-bond acceptors (Lipinski definition) is 4. The molecule has 0 fully saturated rings. The quantitative estimate of drug-likeness (QED) is 0.752. The molecule has 0 amide bonds. The van der Waals surface area contributed by atoms with Crippen molar-refractivity contribution in [3.63, 3.8) is 0 Å². The third-order valence-electron chi connectivity index (χ3n) is 3.40. The average Bonchev–Trinajstić information content (AvgIpc) is 2.44. The van der Waals surface area contributed by atoms with Crippen LogP contribution in [0.15, 0.2) is 18.2 Å². The number of fused-ring (bicyclic) bond motifs is 1. The molecule has 1 aliphatic rings. The van der Waals surface area contributed by atoms with E-state index in [0.717, 1.165) is 30.4 Å². The molecule has 1 atom stereocenters. The number of benzene rings is 1. The van der Waals surface area contributed by atoms with E-state index < -0.39 is 0 Å². The molecule has 0 bridgehead atoms. The maximum absolute atomic E-state index is 11.7. The molecule has 0 heterocycles. The fraction of sp³-hybridized carbons (Fsp3) is 0.429. The third-order valence-corrected chi connectivity index (χ3v) is 3.40. The molecular formula is C14H16O4. The smallest absolute Gasteiger partial charge is 0.338 e. The summed E-state index contributed by atoms with van der Waals surface area (Å²) in [6, 6.07) is 5.42. The monoisotopic (exact) mass is 248 g/mol. The lowest BCUT2D eigenvalue weighted by molar-refractivity contribution is -0.142. The zero-order chi connectivity index (χ0) is 13.1. The van der Waals surface area contributed by atoms with Crippen LogP contribution >= 0.6 is 0 Å². The highest BCUT2D eigenvalue weighted by atomic mass is 16.5. The summed E-state index contributed by atoms with van der Waals surface area (Å²) in [5.41, 5.74) is 2.38. The van der Waals surface area contributed by atoms with Crippen molar-refractivity contribution in [1.29, 1.82) is 0 Å². The lowest BCUT2D eigenvalue weighted by Crippen LogP contribution is -2.21. The highest BCUT2D eigenvalue weighted by Gasteiger charge is 2.29. The summed E-state index contributed by atoms with van der Waals surface area (Å²) in [7, 11) is 2.75. The average molecular weight is 248 g/mol. The second kappa shape index (κ2) is 5.21. The molecule has 0 aromatic heterocycles. The normalized spacial score (nSPS) is 17.8. The Labute approximate surface area is 106 Å². The van der Waals surface area contributed by atoms with Crippen LogP contribution in [0.25, 0.3) is 0 Å². The van der Waals surface area contributed by atoms with Crippen molar-refractivity contribution in [2.45, 2.75) is 25.2 Å². The molecule has 0 spiro atoms. The van der Waals surface area contributed by atoms with Gasteiger partial charge in [0.05, 0.1) is 25.7 Å². The van der Waals surface area contributed by atoms with E-state index in [0.29, 0.717) is 5.56 Å². The van der Waals surface area contributed by atoms with Crippen LogP contribution in [0.5, 0.6) is 0 Å². The number of carbonyl (C=O) groups is 2. The molecule has 96 valence electrons. The van der Waals surface area contributed by atoms with E-state index in [1.165, 1.54) is 14.2 Å². The van der Waals surface area contributed by atoms with Crippen molar-refractivity contribution in [2.75, 3.05) is 14.2 Å². The minimum absolute atomic E-state index is 0.238. The topological polar surface area (TPSA) is 52.6 Å². The molecule has 0 radical (unpaired) electrons. The van der Waals surface area contributed by atoms with Crippen molar-refractivity contribution in [3.8, 4) is 0 Å². The van der Waals surface area contributed by atoms with Gasteiger partial charge in [0, 0.05) is 0 Å². The first kappa shape index (κ1) is 12.6. The predicted molar refractivity (Wildman–Crippen MR) is 65.5 cm³/mol. The summed E-state index contributed by atoms with van der Waals surface area (Å²) in [5, 5.41) is 0. The number of carbonyl (C=O) groups excluding carboxylic acids is 2. The molecular weight excluding hydrogens is 232 g/mol. The van der Waals surface area contributed by atoms with Crippen LogP contribution in [0.4, 0.5) is 0 Å². The molecule has 4 heteroatoms. The number of esters is 2. The molecule has 4 nitrogen and oxygen atoms in total. The highest BCUT2D eigenvalue weighted by Crippen LogP contribution is 2.34. The third kappa shape index (κ3) is 2.10. The van der Waals surface area contributed by atoms with Gasteiger partial charge in [0.1, 0.15) is 0 Å². The molecule has 0 saturated heterocycles. The van der Waals surface area contributed by atoms with E-state index in [9.17, 15) is 9.59 Å². The standard InChI is InChI=1S/C14H16O4/c1-17-13(15)11-7-3-6-10-9(11)5-4-8-12(10)14(16)18-2/h3,6-7,12H,4-5,8H2,1-2H3. The minimum atomic E-state index is -0.350. The number of hydrogen-bond donors (Lipinski definition) is 0. The van der Waals surface area contributed by atoms with Gasteiger partial charge in [-0.3, -0.25) is 4.79 Å². The highest BCUT2D eigenvalue weighted by molar-refractivity contribution is 5.92. The summed E-state index contributed by atoms with van der Waals surface area (Å²) in [4.78, 5) is 23.4. The van der Waals surface area contributed by atoms with Crippen LogP contribution in [0.1, 0.15) is 40.2 Å². The minimum Gasteiger partial charge on any atom is -0.469 e. The van der Waals surface area contributed by atoms with E-state index in [1.54, 1.807) is 12.1 Å². The summed E-state index contributed by atoms with van der Waals surface area (Å²) < 4.78 is 9.59. The van der Waals surface area contributed by atoms with Gasteiger partial charge in [-0.25, -0.2) is 4.79 Å². The predicted octanol–water partition coefficient (Wildman–Crippen LogP) is 2.07. The van der Waals surface area contributed by atoms with Gasteiger partial charge in [0.2, 0.25) is 0 Å². The molecule has 1 aromatic carbocycles. The van der Waals surface area contributed by atoms with Gasteiger partial charge in [0.25, 0.3) is 0 Å². The largest absolute Gasteiger partial charge is 0.469 e. The fourth-order valence-corrected chi connectivity index (χ4v) is 2.54. The van der Waals surface area contributed by atoms with Crippen molar-refractivity contribution >= 4 is 11.9 Å². The van der Waals surface area contributed by atoms with Crippen LogP contribution in [-0.4, -0.2) is 26.2 Å². The fourth-order valence-electron chi connectivity index (χ4n) is 2.54. The van der Waals surface area contributed by atoms with Crippen LogP contribution < -0.4 is 0 Å². The van der Waals surface area contributed by atoms with Gasteiger partial charge in [0.15, 0.2) is 0 Å². The van der Waals surface area contributed by atoms with E-state index in [-0.39, 0.29) is 17.9 Å². The maximum Gasteiger partial charge on any atom is 0.338 e. The van der Waals surface area contributed by atoms with Crippen LogP contribution in [0.2, 0.25) is 0 Å². The van der Waals surface area contributed by atoms with Crippen molar-refractivity contribution < 1.29 is 19.1 Å². The Morgan fingerprint density at radius 2 is 2.00 bits per heavy atom. The summed E-state index contributed by atoms with van der Waals surface area (Å²) >= 11 is 0. The summed E-state index contributed by atoms with van der Waals surface area (Å²) in [6.07, 6.45) is 2.44. The number of methoxy groups -OCH3 is 2. The first-order valence-electron chi connectivity index (χ1n) is 5.97. The Kier molecular flexibility index (Phi) is 3.65. The first-order valence-corrected chi connectivity index (χ1v) is 5.97. The Morgan fingerprint density at radius 1 is 1.22 bits per heavy atom. The van der Waals surface area contributed by atoms with Gasteiger partial charge in [-0.1, -0.05) is 12.1 Å². The Hall–Kier alpha value is -1.84. The van der Waals surface area contributed by atoms with E-state index in [4.69, 9.17) is 9.47 Å². The van der Waals surface area contributed by atoms with Gasteiger partial charge >= 0.3 is 11.9 Å². The Balaban J connectivity index is 2.47. The second-order valence-electron chi connectivity index (χ2n) is 4.33. The zero-order valence-electron chi connectivity index (χ0n) is 10.6. The van der Waals surface area contributed by atoms with Crippen molar-refractivity contribution in [1.82, 2.24) is 0 Å². The first-order chi connectivity index (χ1) is 8.69. The van der Waals surface area contributed by atoms with E-state index >= 15 is 0 Å². The Bertz CT molecular complexity index is 479. The van der Waals surface area contributed by atoms with Gasteiger partial charge in [-0.05, 0) is 36.5 Å². The molecule has 1 unspecified atom stereocenters. The van der Waals surface area contributed by atoms with Crippen molar-refractivity contribution in [3.05, 3.63) is 34.9 Å². The summed E-state index contributed by atoms with van der Waals surface area (Å²) in [5.74, 6) is -0.848. The lowest BCUT2D eigenvalue weighted by atomic mass is 9.80.